The number of thiophene rings is 1. The maximum Gasteiger partial charge on any atom is 0.0936 e. The average molecular weight is 254 g/mol. The highest BCUT2D eigenvalue weighted by atomic mass is 79.9. The van der Waals surface area contributed by atoms with Gasteiger partial charge in [-0.1, -0.05) is 28.1 Å². The minimum absolute atomic E-state index is 0.873. The minimum Gasteiger partial charge on any atom is -0.390 e. The number of benzene rings is 1. The van der Waals surface area contributed by atoms with Crippen molar-refractivity contribution < 1.29 is 0 Å². The van der Waals surface area contributed by atoms with Crippen LogP contribution < -0.4 is 5.73 Å². The van der Waals surface area contributed by atoms with Crippen LogP contribution in [0, 0.1) is 0 Å². The highest BCUT2D eigenvalue weighted by Crippen LogP contribution is 2.31. The standard InChI is InChI=1S/C10H8BrNS/c11-8-3-1-2-7(6-8)9-4-5-13-10(9)12/h1-6H,12H2. The predicted octanol–water partition coefficient (Wildman–Crippen LogP) is 3.76. The van der Waals surface area contributed by atoms with E-state index in [1.54, 1.807) is 11.3 Å². The summed E-state index contributed by atoms with van der Waals surface area (Å²) in [5, 5.41) is 2.88. The Morgan fingerprint density at radius 2 is 2.08 bits per heavy atom. The van der Waals surface area contributed by atoms with Gasteiger partial charge in [-0.2, -0.15) is 0 Å². The Bertz CT molecular complexity index is 422. The Kier molecular flexibility index (Phi) is 2.38. The quantitative estimate of drug-likeness (QED) is 0.823. The summed E-state index contributed by atoms with van der Waals surface area (Å²) in [6, 6.07) is 10.2. The van der Waals surface area contributed by atoms with E-state index in [2.05, 4.69) is 28.1 Å². The average Bonchev–Trinajstić information content (AvgIpc) is 2.51. The monoisotopic (exact) mass is 253 g/mol. The van der Waals surface area contributed by atoms with Crippen molar-refractivity contribution in [1.82, 2.24) is 0 Å². The normalized spacial score (nSPS) is 10.2. The van der Waals surface area contributed by atoms with E-state index in [0.717, 1.165) is 20.6 Å². The van der Waals surface area contributed by atoms with E-state index < -0.39 is 0 Å². The molecule has 2 N–H and O–H groups in total. The van der Waals surface area contributed by atoms with Crippen molar-refractivity contribution in [3.8, 4) is 11.1 Å². The van der Waals surface area contributed by atoms with Gasteiger partial charge in [-0.3, -0.25) is 0 Å². The van der Waals surface area contributed by atoms with Crippen molar-refractivity contribution >= 4 is 32.3 Å². The number of halogens is 1. The zero-order valence-corrected chi connectivity index (χ0v) is 9.23. The first-order valence-electron chi connectivity index (χ1n) is 3.86. The van der Waals surface area contributed by atoms with Crippen LogP contribution in [0.15, 0.2) is 40.2 Å². The summed E-state index contributed by atoms with van der Waals surface area (Å²) in [5.41, 5.74) is 8.10. The molecule has 2 aromatic rings. The molecule has 0 fully saturated rings. The molecule has 1 nitrogen and oxygen atoms in total. The largest absolute Gasteiger partial charge is 0.390 e. The lowest BCUT2D eigenvalue weighted by Crippen LogP contribution is -1.82. The molecule has 66 valence electrons. The van der Waals surface area contributed by atoms with E-state index in [4.69, 9.17) is 5.73 Å². The van der Waals surface area contributed by atoms with Crippen LogP contribution in [0.4, 0.5) is 5.00 Å². The summed E-state index contributed by atoms with van der Waals surface area (Å²) in [5.74, 6) is 0. The summed E-state index contributed by atoms with van der Waals surface area (Å²) in [7, 11) is 0. The van der Waals surface area contributed by atoms with Crippen molar-refractivity contribution in [1.29, 1.82) is 0 Å². The summed E-state index contributed by atoms with van der Waals surface area (Å²) < 4.78 is 1.08. The molecule has 0 spiro atoms. The molecule has 0 aliphatic heterocycles. The fraction of sp³-hybridized carbons (Fsp3) is 0. The molecule has 1 aromatic heterocycles. The zero-order chi connectivity index (χ0) is 9.26. The van der Waals surface area contributed by atoms with Crippen molar-refractivity contribution in [2.24, 2.45) is 0 Å². The summed E-state index contributed by atoms with van der Waals surface area (Å²) in [6.45, 7) is 0. The number of hydrogen-bond acceptors (Lipinski definition) is 2. The minimum atomic E-state index is 0.873. The van der Waals surface area contributed by atoms with Gasteiger partial charge in [0.15, 0.2) is 0 Å². The van der Waals surface area contributed by atoms with Gasteiger partial charge in [0.2, 0.25) is 0 Å². The molecule has 0 atom stereocenters. The Morgan fingerprint density at radius 3 is 2.69 bits per heavy atom. The molecule has 13 heavy (non-hydrogen) atoms. The second-order valence-electron chi connectivity index (χ2n) is 2.71. The Labute approximate surface area is 89.3 Å². The first-order valence-corrected chi connectivity index (χ1v) is 5.53. The lowest BCUT2D eigenvalue weighted by molar-refractivity contribution is 1.63. The van der Waals surface area contributed by atoms with Crippen LogP contribution in [0.1, 0.15) is 0 Å². The lowest BCUT2D eigenvalue weighted by atomic mass is 10.1. The van der Waals surface area contributed by atoms with Gasteiger partial charge in [-0.15, -0.1) is 11.3 Å². The Hall–Kier alpha value is -0.800. The van der Waals surface area contributed by atoms with Crippen LogP contribution in [0.5, 0.6) is 0 Å². The highest BCUT2D eigenvalue weighted by molar-refractivity contribution is 9.10. The Balaban J connectivity index is 2.53. The molecule has 0 radical (unpaired) electrons. The summed E-state index contributed by atoms with van der Waals surface area (Å²) in [6.07, 6.45) is 0. The van der Waals surface area contributed by atoms with E-state index in [9.17, 15) is 0 Å². The van der Waals surface area contributed by atoms with Gasteiger partial charge in [-0.25, -0.2) is 0 Å². The number of nitrogen functional groups attached to an aromatic ring is 1. The third-order valence-corrected chi connectivity index (χ3v) is 3.07. The number of anilines is 1. The second kappa shape index (κ2) is 3.52. The van der Waals surface area contributed by atoms with E-state index in [1.807, 2.05) is 23.6 Å². The van der Waals surface area contributed by atoms with Crippen LogP contribution in [0.2, 0.25) is 0 Å². The molecule has 1 heterocycles. The van der Waals surface area contributed by atoms with Gasteiger partial charge in [0.05, 0.1) is 5.00 Å². The topological polar surface area (TPSA) is 26.0 Å². The van der Waals surface area contributed by atoms with Crippen molar-refractivity contribution in [3.63, 3.8) is 0 Å². The molecule has 1 aromatic carbocycles. The van der Waals surface area contributed by atoms with Gasteiger partial charge in [0, 0.05) is 10.0 Å². The molecule has 2 rings (SSSR count). The van der Waals surface area contributed by atoms with Crippen molar-refractivity contribution in [2.75, 3.05) is 5.73 Å². The van der Waals surface area contributed by atoms with E-state index in [-0.39, 0.29) is 0 Å². The molecule has 0 bridgehead atoms. The number of nitrogens with two attached hydrogens (primary N) is 1. The van der Waals surface area contributed by atoms with Gasteiger partial charge >= 0.3 is 0 Å². The maximum atomic E-state index is 5.83. The molecule has 0 unspecified atom stereocenters. The SMILES string of the molecule is Nc1sccc1-c1cccc(Br)c1. The highest BCUT2D eigenvalue weighted by Gasteiger charge is 2.02. The third-order valence-electron chi connectivity index (χ3n) is 1.83. The second-order valence-corrected chi connectivity index (χ2v) is 4.57. The summed E-state index contributed by atoms with van der Waals surface area (Å²) in [4.78, 5) is 0. The molecule has 0 aliphatic rings. The van der Waals surface area contributed by atoms with Crippen LogP contribution in [-0.2, 0) is 0 Å². The van der Waals surface area contributed by atoms with Crippen LogP contribution in [0.3, 0.4) is 0 Å². The fourth-order valence-corrected chi connectivity index (χ4v) is 2.28. The third kappa shape index (κ3) is 1.76. The van der Waals surface area contributed by atoms with Gasteiger partial charge in [0.1, 0.15) is 0 Å². The zero-order valence-electron chi connectivity index (χ0n) is 6.83. The molecular weight excluding hydrogens is 246 g/mol. The molecule has 0 amide bonds. The molecular formula is C10H8BrNS. The number of hydrogen-bond donors (Lipinski definition) is 1. The molecule has 0 saturated carbocycles. The first kappa shape index (κ1) is 8.78. The van der Waals surface area contributed by atoms with Crippen LogP contribution in [-0.4, -0.2) is 0 Å². The molecule has 0 aliphatic carbocycles. The fourth-order valence-electron chi connectivity index (χ4n) is 1.22. The molecule has 3 heteroatoms. The predicted molar refractivity (Wildman–Crippen MR) is 61.9 cm³/mol. The summed E-state index contributed by atoms with van der Waals surface area (Å²) >= 11 is 5.00. The van der Waals surface area contributed by atoms with E-state index in [0.29, 0.717) is 0 Å². The molecule has 0 saturated heterocycles. The Morgan fingerprint density at radius 1 is 1.23 bits per heavy atom. The van der Waals surface area contributed by atoms with Crippen molar-refractivity contribution in [2.45, 2.75) is 0 Å². The smallest absolute Gasteiger partial charge is 0.0936 e. The lowest BCUT2D eigenvalue weighted by Gasteiger charge is -1.99. The van der Waals surface area contributed by atoms with Crippen LogP contribution in [0.25, 0.3) is 11.1 Å². The maximum absolute atomic E-state index is 5.83. The van der Waals surface area contributed by atoms with Gasteiger partial charge < -0.3 is 5.73 Å². The number of rotatable bonds is 1. The van der Waals surface area contributed by atoms with E-state index in [1.165, 1.54) is 0 Å². The van der Waals surface area contributed by atoms with Gasteiger partial charge in [0.25, 0.3) is 0 Å². The van der Waals surface area contributed by atoms with Crippen molar-refractivity contribution in [3.05, 3.63) is 40.2 Å². The van der Waals surface area contributed by atoms with Gasteiger partial charge in [-0.05, 0) is 29.1 Å². The van der Waals surface area contributed by atoms with Crippen LogP contribution >= 0.6 is 27.3 Å². The van der Waals surface area contributed by atoms with E-state index >= 15 is 0 Å². The first-order chi connectivity index (χ1) is 6.27.